The number of carboxylic acid groups (broad SMARTS) is 1. The number of amides is 2. The molecular weight excluding hydrogens is 346 g/mol. The van der Waals surface area contributed by atoms with Crippen LogP contribution in [0, 0.1) is 11.8 Å². The number of ether oxygens (including phenoxy) is 1. The molecule has 2 rings (SSSR count). The van der Waals surface area contributed by atoms with Gasteiger partial charge in [-0.05, 0) is 44.7 Å². The lowest BCUT2D eigenvalue weighted by Crippen LogP contribution is -2.55. The molecule has 7 nitrogen and oxygen atoms in total. The third-order valence-corrected chi connectivity index (χ3v) is 6.24. The topological polar surface area (TPSA) is 78.9 Å². The molecule has 156 valence electrons. The van der Waals surface area contributed by atoms with Crippen molar-refractivity contribution in [1.82, 2.24) is 10.2 Å². The van der Waals surface area contributed by atoms with Crippen LogP contribution in [0.1, 0.15) is 46.0 Å². The van der Waals surface area contributed by atoms with Gasteiger partial charge in [-0.25, -0.2) is 4.48 Å². The Kier molecular flexibility index (Phi) is 8.51. The molecule has 2 fully saturated rings. The van der Waals surface area contributed by atoms with Crippen LogP contribution in [0.5, 0.6) is 0 Å². The minimum Gasteiger partial charge on any atom is -0.435 e. The minimum atomic E-state index is -0.728. The summed E-state index contributed by atoms with van der Waals surface area (Å²) in [6, 6.07) is 0.437. The highest BCUT2D eigenvalue weighted by atomic mass is 16.5. The van der Waals surface area contributed by atoms with Gasteiger partial charge in [-0.15, -0.1) is 0 Å². The van der Waals surface area contributed by atoms with E-state index in [0.29, 0.717) is 38.2 Å². The van der Waals surface area contributed by atoms with E-state index in [0.717, 1.165) is 51.7 Å². The van der Waals surface area contributed by atoms with Crippen molar-refractivity contribution in [3.63, 3.8) is 0 Å². The molecule has 2 N–H and O–H groups in total. The van der Waals surface area contributed by atoms with Crippen LogP contribution in [0.15, 0.2) is 0 Å². The summed E-state index contributed by atoms with van der Waals surface area (Å²) in [7, 11) is 1.63. The van der Waals surface area contributed by atoms with Crippen LogP contribution >= 0.6 is 0 Å². The summed E-state index contributed by atoms with van der Waals surface area (Å²) in [6.45, 7) is 9.21. The molecule has 0 radical (unpaired) electrons. The first-order chi connectivity index (χ1) is 12.9. The van der Waals surface area contributed by atoms with Gasteiger partial charge in [-0.3, -0.25) is 4.79 Å². The van der Waals surface area contributed by atoms with Gasteiger partial charge in [0.05, 0.1) is 19.7 Å². The summed E-state index contributed by atoms with van der Waals surface area (Å²) < 4.78 is 5.27. The second kappa shape index (κ2) is 10.4. The van der Waals surface area contributed by atoms with E-state index in [1.165, 1.54) is 0 Å². The van der Waals surface area contributed by atoms with Crippen molar-refractivity contribution >= 4 is 12.0 Å². The van der Waals surface area contributed by atoms with E-state index >= 15 is 0 Å². The molecule has 0 aliphatic carbocycles. The van der Waals surface area contributed by atoms with Crippen molar-refractivity contribution in [3.8, 4) is 0 Å². The van der Waals surface area contributed by atoms with Crippen LogP contribution < -0.4 is 5.32 Å². The number of quaternary nitrogens is 1. The molecule has 2 unspecified atom stereocenters. The predicted octanol–water partition coefficient (Wildman–Crippen LogP) is 2.16. The second-order valence-corrected chi connectivity index (χ2v) is 8.63. The zero-order valence-electron chi connectivity index (χ0n) is 17.3. The van der Waals surface area contributed by atoms with Crippen LogP contribution in [-0.4, -0.2) is 85.5 Å². The van der Waals surface area contributed by atoms with Crippen molar-refractivity contribution in [2.24, 2.45) is 11.8 Å². The molecule has 2 saturated heterocycles. The average molecular weight is 385 g/mol. The fraction of sp³-hybridized carbons (Fsp3) is 0.900. The summed E-state index contributed by atoms with van der Waals surface area (Å²) in [5, 5.41) is 12.8. The Balaban J connectivity index is 1.84. The molecule has 0 aromatic rings. The molecule has 7 heteroatoms. The van der Waals surface area contributed by atoms with Gasteiger partial charge in [0.1, 0.15) is 6.54 Å². The highest BCUT2D eigenvalue weighted by Gasteiger charge is 2.40. The Morgan fingerprint density at radius 3 is 2.48 bits per heavy atom. The molecule has 0 aromatic heterocycles. The summed E-state index contributed by atoms with van der Waals surface area (Å²) in [6.07, 6.45) is 3.96. The van der Waals surface area contributed by atoms with Gasteiger partial charge in [0.25, 0.3) is 0 Å². The summed E-state index contributed by atoms with van der Waals surface area (Å²) >= 11 is 0. The Bertz CT molecular complexity index is 492. The normalized spacial score (nSPS) is 28.1. The van der Waals surface area contributed by atoms with Crippen LogP contribution in [-0.2, 0) is 9.53 Å². The van der Waals surface area contributed by atoms with Gasteiger partial charge in [0.2, 0.25) is 5.91 Å². The zero-order chi connectivity index (χ0) is 19.9. The predicted molar refractivity (Wildman–Crippen MR) is 105 cm³/mol. The summed E-state index contributed by atoms with van der Waals surface area (Å²) in [5.41, 5.74) is 0. The third-order valence-electron chi connectivity index (χ3n) is 6.24. The van der Waals surface area contributed by atoms with Gasteiger partial charge in [0.15, 0.2) is 0 Å². The first kappa shape index (κ1) is 22.1. The molecule has 2 atom stereocenters. The molecule has 0 saturated carbocycles. The average Bonchev–Trinajstić information content (AvgIpc) is 2.88. The highest BCUT2D eigenvalue weighted by molar-refractivity contribution is 5.78. The maximum atomic E-state index is 12.3. The lowest BCUT2D eigenvalue weighted by molar-refractivity contribution is -0.857. The van der Waals surface area contributed by atoms with Gasteiger partial charge in [-0.2, -0.15) is 4.79 Å². The number of carbonyl (C=O) groups excluding carboxylic acids is 1. The molecular formula is C20H38N3O4+. The smallest absolute Gasteiger partial charge is 0.435 e. The molecule has 2 aliphatic rings. The van der Waals surface area contributed by atoms with Gasteiger partial charge in [0, 0.05) is 32.0 Å². The monoisotopic (exact) mass is 384 g/mol. The van der Waals surface area contributed by atoms with Gasteiger partial charge in [-0.1, -0.05) is 13.8 Å². The number of nitrogens with one attached hydrogen (secondary N) is 1. The molecule has 2 amide bonds. The lowest BCUT2D eigenvalue weighted by atomic mass is 9.93. The van der Waals surface area contributed by atoms with Crippen LogP contribution in [0.4, 0.5) is 4.79 Å². The number of methoxy groups -OCH3 is 1. The third kappa shape index (κ3) is 6.16. The Labute approximate surface area is 163 Å². The van der Waals surface area contributed by atoms with E-state index in [9.17, 15) is 14.7 Å². The second-order valence-electron chi connectivity index (χ2n) is 8.63. The first-order valence-electron chi connectivity index (χ1n) is 10.5. The Morgan fingerprint density at radius 2 is 1.89 bits per heavy atom. The van der Waals surface area contributed by atoms with E-state index in [1.54, 1.807) is 7.11 Å². The van der Waals surface area contributed by atoms with E-state index in [1.807, 2.05) is 0 Å². The van der Waals surface area contributed by atoms with Crippen molar-refractivity contribution in [3.05, 3.63) is 0 Å². The number of hydrogen-bond donors (Lipinski definition) is 2. The van der Waals surface area contributed by atoms with Crippen molar-refractivity contribution in [1.29, 1.82) is 0 Å². The number of nitrogens with zero attached hydrogens (tertiary/aromatic N) is 2. The molecule has 0 spiro atoms. The van der Waals surface area contributed by atoms with E-state index < -0.39 is 6.09 Å². The van der Waals surface area contributed by atoms with Crippen molar-refractivity contribution in [2.45, 2.75) is 52.0 Å². The number of likely N-dealkylation sites (tertiary alicyclic amines) is 2. The maximum absolute atomic E-state index is 12.3. The molecule has 0 aromatic carbocycles. The standard InChI is InChI=1S/C20H37N3O4/c1-16(2)15-21-19(24)17-6-9-22(10-7-17)18-5-4-11-23(12-8-18,20(25)26)13-14-27-3/h16-18H,4-15H2,1-3H3,(H-,21,24,25,26)/p+1. The maximum Gasteiger partial charge on any atom is 0.513 e. The minimum absolute atomic E-state index is 0.123. The van der Waals surface area contributed by atoms with Crippen molar-refractivity contribution < 1.29 is 23.9 Å². The molecule has 2 aliphatic heterocycles. The van der Waals surface area contributed by atoms with E-state index in [4.69, 9.17) is 4.74 Å². The van der Waals surface area contributed by atoms with Gasteiger partial charge >= 0.3 is 6.09 Å². The summed E-state index contributed by atoms with van der Waals surface area (Å²) in [4.78, 5) is 26.7. The first-order valence-corrected chi connectivity index (χ1v) is 10.5. The largest absolute Gasteiger partial charge is 0.513 e. The SMILES string of the molecule is COCC[N+]1(C(=O)O)CCCC(N2CCC(C(=O)NCC(C)C)CC2)CC1. The van der Waals surface area contributed by atoms with Crippen LogP contribution in [0.2, 0.25) is 0 Å². The Morgan fingerprint density at radius 1 is 1.19 bits per heavy atom. The number of rotatable bonds is 7. The number of carbonyl (C=O) groups is 2. The molecule has 27 heavy (non-hydrogen) atoms. The fourth-order valence-electron chi connectivity index (χ4n) is 4.40. The van der Waals surface area contributed by atoms with Crippen LogP contribution in [0.25, 0.3) is 0 Å². The lowest BCUT2D eigenvalue weighted by Gasteiger charge is -2.37. The quantitative estimate of drug-likeness (QED) is 0.658. The molecule has 0 bridgehead atoms. The Hall–Kier alpha value is -1.18. The fourth-order valence-corrected chi connectivity index (χ4v) is 4.40. The van der Waals surface area contributed by atoms with E-state index in [-0.39, 0.29) is 16.3 Å². The van der Waals surface area contributed by atoms with E-state index in [2.05, 4.69) is 24.1 Å². The van der Waals surface area contributed by atoms with Crippen molar-refractivity contribution in [2.75, 3.05) is 53.0 Å². The van der Waals surface area contributed by atoms with Crippen LogP contribution in [0.3, 0.4) is 0 Å². The number of piperidine rings is 1. The van der Waals surface area contributed by atoms with Gasteiger partial charge < -0.3 is 20.1 Å². The highest BCUT2D eigenvalue weighted by Crippen LogP contribution is 2.27. The number of hydrogen-bond acceptors (Lipinski definition) is 4. The zero-order valence-corrected chi connectivity index (χ0v) is 17.3. The summed E-state index contributed by atoms with van der Waals surface area (Å²) in [5.74, 6) is 0.803. The molecule has 2 heterocycles.